The number of amides is 2. The third-order valence-corrected chi connectivity index (χ3v) is 6.98. The van der Waals surface area contributed by atoms with Gasteiger partial charge in [0.15, 0.2) is 11.5 Å². The second kappa shape index (κ2) is 13.5. The van der Waals surface area contributed by atoms with Crippen molar-refractivity contribution < 1.29 is 19.1 Å². The molecule has 38 heavy (non-hydrogen) atoms. The molecular weight excluding hydrogens is 478 g/mol. The zero-order valence-electron chi connectivity index (χ0n) is 22.2. The molecule has 0 saturated carbocycles. The fourth-order valence-corrected chi connectivity index (χ4v) is 4.86. The van der Waals surface area contributed by atoms with Gasteiger partial charge in [0.25, 0.3) is 5.91 Å². The van der Waals surface area contributed by atoms with Crippen molar-refractivity contribution >= 4 is 17.5 Å². The molecule has 0 aromatic heterocycles. The summed E-state index contributed by atoms with van der Waals surface area (Å²) in [4.78, 5) is 27.8. The number of nitrogens with zero attached hydrogens (tertiary/aromatic N) is 1. The van der Waals surface area contributed by atoms with Crippen LogP contribution in [0.3, 0.4) is 0 Å². The van der Waals surface area contributed by atoms with Crippen molar-refractivity contribution in [1.29, 1.82) is 0 Å². The number of rotatable bonds is 11. The summed E-state index contributed by atoms with van der Waals surface area (Å²) < 4.78 is 10.7. The van der Waals surface area contributed by atoms with E-state index in [1.54, 1.807) is 14.2 Å². The number of methoxy groups -OCH3 is 2. The minimum Gasteiger partial charge on any atom is -0.493 e. The Morgan fingerprint density at radius 2 is 1.55 bits per heavy atom. The van der Waals surface area contributed by atoms with Gasteiger partial charge < -0.3 is 25.0 Å². The van der Waals surface area contributed by atoms with Crippen molar-refractivity contribution in [1.82, 2.24) is 10.6 Å². The minimum absolute atomic E-state index is 0.0857. The van der Waals surface area contributed by atoms with E-state index in [2.05, 4.69) is 27.7 Å². The molecule has 0 radical (unpaired) electrons. The largest absolute Gasteiger partial charge is 0.493 e. The zero-order chi connectivity index (χ0) is 26.7. The predicted octanol–water partition coefficient (Wildman–Crippen LogP) is 4.39. The van der Waals surface area contributed by atoms with E-state index in [0.29, 0.717) is 36.4 Å². The van der Waals surface area contributed by atoms with Crippen LogP contribution in [0.1, 0.15) is 40.7 Å². The van der Waals surface area contributed by atoms with Crippen LogP contribution in [0.4, 0.5) is 5.69 Å². The predicted molar refractivity (Wildman–Crippen MR) is 150 cm³/mol. The average molecular weight is 516 g/mol. The monoisotopic (exact) mass is 515 g/mol. The van der Waals surface area contributed by atoms with Gasteiger partial charge in [-0.25, -0.2) is 0 Å². The van der Waals surface area contributed by atoms with Crippen LogP contribution in [-0.2, 0) is 17.6 Å². The molecule has 0 spiro atoms. The summed E-state index contributed by atoms with van der Waals surface area (Å²) in [6.07, 6.45) is 3.64. The van der Waals surface area contributed by atoms with Crippen LogP contribution in [0.15, 0.2) is 72.8 Å². The van der Waals surface area contributed by atoms with Gasteiger partial charge in [-0.2, -0.15) is 0 Å². The summed E-state index contributed by atoms with van der Waals surface area (Å²) in [7, 11) is 3.23. The molecule has 0 aliphatic carbocycles. The molecule has 1 heterocycles. The molecule has 2 amide bonds. The maximum atomic E-state index is 13.1. The summed E-state index contributed by atoms with van der Waals surface area (Å²) in [6.45, 7) is 2.10. The molecule has 0 atom stereocenters. The molecular formula is C31H37N3O4. The summed E-state index contributed by atoms with van der Waals surface area (Å²) in [5.41, 5.74) is 3.84. The number of carbonyl (C=O) groups is 2. The SMILES string of the molecule is COc1ccc(CCNC(=O)c2ccccc2N2CCC(NC(=O)CCc3ccccc3)CC2)cc1OC. The molecule has 2 N–H and O–H groups in total. The van der Waals surface area contributed by atoms with Crippen molar-refractivity contribution in [3.8, 4) is 11.5 Å². The van der Waals surface area contributed by atoms with Crippen LogP contribution in [0.2, 0.25) is 0 Å². The highest BCUT2D eigenvalue weighted by molar-refractivity contribution is 5.99. The van der Waals surface area contributed by atoms with Gasteiger partial charge in [0.2, 0.25) is 5.91 Å². The molecule has 4 rings (SSSR count). The number of anilines is 1. The first-order chi connectivity index (χ1) is 18.6. The molecule has 1 saturated heterocycles. The van der Waals surface area contributed by atoms with Crippen LogP contribution in [0.25, 0.3) is 0 Å². The van der Waals surface area contributed by atoms with Crippen molar-refractivity contribution in [2.24, 2.45) is 0 Å². The maximum absolute atomic E-state index is 13.1. The Hall–Kier alpha value is -4.00. The maximum Gasteiger partial charge on any atom is 0.253 e. The number of piperidine rings is 1. The number of ether oxygens (including phenoxy) is 2. The Kier molecular flexibility index (Phi) is 9.62. The van der Waals surface area contributed by atoms with E-state index in [9.17, 15) is 9.59 Å². The minimum atomic E-state index is -0.0857. The normalized spacial score (nSPS) is 13.6. The lowest BCUT2D eigenvalue weighted by molar-refractivity contribution is -0.121. The number of hydrogen-bond acceptors (Lipinski definition) is 5. The topological polar surface area (TPSA) is 79.9 Å². The lowest BCUT2D eigenvalue weighted by atomic mass is 10.0. The molecule has 7 heteroatoms. The summed E-state index contributed by atoms with van der Waals surface area (Å²) in [6, 6.07) is 23.8. The lowest BCUT2D eigenvalue weighted by Gasteiger charge is -2.35. The molecule has 0 unspecified atom stereocenters. The highest BCUT2D eigenvalue weighted by Gasteiger charge is 2.23. The Morgan fingerprint density at radius 1 is 0.842 bits per heavy atom. The number of para-hydroxylation sites is 1. The van der Waals surface area contributed by atoms with Gasteiger partial charge in [-0.1, -0.05) is 48.5 Å². The van der Waals surface area contributed by atoms with Crippen LogP contribution in [0.5, 0.6) is 11.5 Å². The number of carbonyl (C=O) groups excluding carboxylic acids is 2. The van der Waals surface area contributed by atoms with Gasteiger partial charge in [0.1, 0.15) is 0 Å². The Labute approximate surface area is 225 Å². The second-order valence-electron chi connectivity index (χ2n) is 9.53. The molecule has 3 aromatic carbocycles. The fourth-order valence-electron chi connectivity index (χ4n) is 4.86. The molecule has 7 nitrogen and oxygen atoms in total. The van der Waals surface area contributed by atoms with E-state index in [4.69, 9.17) is 9.47 Å². The molecule has 3 aromatic rings. The summed E-state index contributed by atoms with van der Waals surface area (Å²) >= 11 is 0. The first-order valence-corrected chi connectivity index (χ1v) is 13.2. The number of nitrogens with one attached hydrogen (secondary N) is 2. The van der Waals surface area contributed by atoms with Gasteiger partial charge in [-0.15, -0.1) is 0 Å². The van der Waals surface area contributed by atoms with Crippen LogP contribution >= 0.6 is 0 Å². The van der Waals surface area contributed by atoms with Crippen molar-refractivity contribution in [3.05, 3.63) is 89.5 Å². The molecule has 1 fully saturated rings. The van der Waals surface area contributed by atoms with E-state index in [1.165, 1.54) is 5.56 Å². The van der Waals surface area contributed by atoms with E-state index in [1.807, 2.05) is 60.7 Å². The summed E-state index contributed by atoms with van der Waals surface area (Å²) in [5.74, 6) is 1.38. The second-order valence-corrected chi connectivity index (χ2v) is 9.53. The first kappa shape index (κ1) is 27.0. The third-order valence-electron chi connectivity index (χ3n) is 6.98. The van der Waals surface area contributed by atoms with Gasteiger partial charge in [0.05, 0.1) is 19.8 Å². The highest BCUT2D eigenvalue weighted by atomic mass is 16.5. The van der Waals surface area contributed by atoms with Gasteiger partial charge in [-0.05, 0) is 61.1 Å². The van der Waals surface area contributed by atoms with Crippen LogP contribution in [0, 0.1) is 0 Å². The van der Waals surface area contributed by atoms with Gasteiger partial charge >= 0.3 is 0 Å². The standard InChI is InChI=1S/C31H37N3O4/c1-37-28-14-12-24(22-29(28)38-2)16-19-32-31(36)26-10-6-7-11-27(26)34-20-17-25(18-21-34)33-30(35)15-13-23-8-4-3-5-9-23/h3-12,14,22,25H,13,15-21H2,1-2H3,(H,32,36)(H,33,35). The molecule has 200 valence electrons. The Morgan fingerprint density at radius 3 is 2.29 bits per heavy atom. The van der Waals surface area contributed by atoms with Crippen LogP contribution < -0.4 is 25.0 Å². The van der Waals surface area contributed by atoms with Gasteiger partial charge in [-0.3, -0.25) is 9.59 Å². The number of hydrogen-bond donors (Lipinski definition) is 2. The Bertz CT molecular complexity index is 1210. The van der Waals surface area contributed by atoms with Crippen molar-refractivity contribution in [3.63, 3.8) is 0 Å². The average Bonchev–Trinajstić information content (AvgIpc) is 2.97. The quantitative estimate of drug-likeness (QED) is 0.396. The Balaban J connectivity index is 1.26. The van der Waals surface area contributed by atoms with E-state index < -0.39 is 0 Å². The zero-order valence-corrected chi connectivity index (χ0v) is 22.2. The van der Waals surface area contributed by atoms with Gasteiger partial charge in [0, 0.05) is 37.8 Å². The lowest BCUT2D eigenvalue weighted by Crippen LogP contribution is -2.45. The summed E-state index contributed by atoms with van der Waals surface area (Å²) in [5, 5.41) is 6.26. The molecule has 1 aliphatic heterocycles. The van der Waals surface area contributed by atoms with Crippen molar-refractivity contribution in [2.45, 2.75) is 38.1 Å². The highest BCUT2D eigenvalue weighted by Crippen LogP contribution is 2.28. The van der Waals surface area contributed by atoms with E-state index in [0.717, 1.165) is 43.6 Å². The van der Waals surface area contributed by atoms with E-state index in [-0.39, 0.29) is 17.9 Å². The fraction of sp³-hybridized carbons (Fsp3) is 0.355. The third kappa shape index (κ3) is 7.28. The molecule has 1 aliphatic rings. The number of benzene rings is 3. The number of aryl methyl sites for hydroxylation is 1. The first-order valence-electron chi connectivity index (χ1n) is 13.2. The van der Waals surface area contributed by atoms with Crippen molar-refractivity contribution in [2.75, 3.05) is 38.8 Å². The van der Waals surface area contributed by atoms with E-state index >= 15 is 0 Å². The smallest absolute Gasteiger partial charge is 0.253 e. The van der Waals surface area contributed by atoms with Crippen LogP contribution in [-0.4, -0.2) is 51.7 Å². The molecule has 0 bridgehead atoms.